The minimum absolute atomic E-state index is 0.0727. The van der Waals surface area contributed by atoms with Crippen LogP contribution < -0.4 is 9.88 Å². The fourth-order valence-corrected chi connectivity index (χ4v) is 3.52. The van der Waals surface area contributed by atoms with Gasteiger partial charge in [0.1, 0.15) is 11.5 Å². The van der Waals surface area contributed by atoms with E-state index < -0.39 is 10.0 Å². The molecule has 0 unspecified atom stereocenters. The predicted molar refractivity (Wildman–Crippen MR) is 99.6 cm³/mol. The molecule has 3 aromatic rings. The molecule has 0 fully saturated rings. The van der Waals surface area contributed by atoms with Gasteiger partial charge >= 0.3 is 0 Å². The zero-order valence-corrected chi connectivity index (χ0v) is 14.6. The van der Waals surface area contributed by atoms with Crippen molar-refractivity contribution in [3.8, 4) is 5.75 Å². The first-order chi connectivity index (χ1) is 12.5. The Balaban J connectivity index is 1.85. The Kier molecular flexibility index (Phi) is 4.06. The molecule has 2 N–H and O–H groups in total. The van der Waals surface area contributed by atoms with Crippen LogP contribution in [-0.4, -0.2) is 13.4 Å². The van der Waals surface area contributed by atoms with Gasteiger partial charge in [-0.15, -0.1) is 0 Å². The van der Waals surface area contributed by atoms with Crippen molar-refractivity contribution in [2.75, 3.05) is 0 Å². The van der Waals surface area contributed by atoms with Gasteiger partial charge in [-0.1, -0.05) is 18.2 Å². The molecule has 130 valence electrons. The predicted octanol–water partition coefficient (Wildman–Crippen LogP) is 3.23. The van der Waals surface area contributed by atoms with E-state index in [1.807, 2.05) is 36.4 Å². The average Bonchev–Trinajstić information content (AvgIpc) is 2.67. The molecule has 0 radical (unpaired) electrons. The summed E-state index contributed by atoms with van der Waals surface area (Å²) < 4.78 is 29.2. The molecule has 1 aliphatic heterocycles. The lowest BCUT2D eigenvalue weighted by molar-refractivity contribution is 0.502. The normalized spacial score (nSPS) is 13.9. The van der Waals surface area contributed by atoms with E-state index in [2.05, 4.69) is 4.98 Å². The van der Waals surface area contributed by atoms with E-state index in [1.54, 1.807) is 24.5 Å². The first kappa shape index (κ1) is 16.5. The lowest BCUT2D eigenvalue weighted by atomic mass is 9.93. The van der Waals surface area contributed by atoms with Crippen LogP contribution in [0.5, 0.6) is 5.75 Å². The Morgan fingerprint density at radius 1 is 0.885 bits per heavy atom. The number of hydrogen-bond acceptors (Lipinski definition) is 4. The number of benzene rings is 2. The highest BCUT2D eigenvalue weighted by Crippen LogP contribution is 2.38. The summed E-state index contributed by atoms with van der Waals surface area (Å²) in [6.45, 7) is 0. The third-order valence-electron chi connectivity index (χ3n) is 4.30. The summed E-state index contributed by atoms with van der Waals surface area (Å²) in [6.07, 6.45) is 4.20. The molecular weight excluding hydrogens is 348 g/mol. The highest BCUT2D eigenvalue weighted by atomic mass is 32.2. The largest absolute Gasteiger partial charge is 0.456 e. The second-order valence-corrected chi connectivity index (χ2v) is 7.56. The minimum Gasteiger partial charge on any atom is -0.456 e. The van der Waals surface area contributed by atoms with Crippen LogP contribution >= 0.6 is 0 Å². The molecule has 26 heavy (non-hydrogen) atoms. The number of rotatable bonds is 3. The van der Waals surface area contributed by atoms with Crippen LogP contribution in [0.25, 0.3) is 11.3 Å². The maximum atomic E-state index is 11.5. The number of primary sulfonamides is 1. The van der Waals surface area contributed by atoms with Crippen molar-refractivity contribution in [1.29, 1.82) is 0 Å². The molecule has 0 bridgehead atoms. The van der Waals surface area contributed by atoms with Crippen LogP contribution in [0.1, 0.15) is 16.7 Å². The molecule has 1 aromatic heterocycles. The molecule has 6 heteroatoms. The summed E-state index contributed by atoms with van der Waals surface area (Å²) in [5.74, 6) is 1.51. The number of ether oxygens (including phenoxy) is 1. The SMILES string of the molecule is NS(=O)(=O)c1ccc(C2=C(c3ccncc3)Cc3ccccc3O2)cc1. The Morgan fingerprint density at radius 2 is 1.58 bits per heavy atom. The number of sulfonamides is 1. The molecule has 2 heterocycles. The van der Waals surface area contributed by atoms with E-state index in [1.165, 1.54) is 12.1 Å². The molecule has 0 spiro atoms. The third kappa shape index (κ3) is 3.12. The van der Waals surface area contributed by atoms with Gasteiger partial charge < -0.3 is 4.74 Å². The molecule has 0 saturated heterocycles. The molecule has 0 atom stereocenters. The first-order valence-electron chi connectivity index (χ1n) is 8.05. The van der Waals surface area contributed by atoms with Crippen molar-refractivity contribution in [2.24, 2.45) is 5.14 Å². The summed E-state index contributed by atoms with van der Waals surface area (Å²) in [7, 11) is -3.73. The molecular formula is C20H16N2O3S. The van der Waals surface area contributed by atoms with Crippen LogP contribution in [0.3, 0.4) is 0 Å². The molecule has 1 aliphatic rings. The summed E-state index contributed by atoms with van der Waals surface area (Å²) in [4.78, 5) is 4.15. The van der Waals surface area contributed by atoms with Gasteiger partial charge in [0, 0.05) is 30.0 Å². The minimum atomic E-state index is -3.73. The zero-order valence-electron chi connectivity index (χ0n) is 13.8. The highest BCUT2D eigenvalue weighted by molar-refractivity contribution is 7.89. The third-order valence-corrected chi connectivity index (χ3v) is 5.23. The van der Waals surface area contributed by atoms with E-state index in [0.29, 0.717) is 12.2 Å². The van der Waals surface area contributed by atoms with Gasteiger partial charge in [0.15, 0.2) is 0 Å². The van der Waals surface area contributed by atoms with Crippen LogP contribution in [0.2, 0.25) is 0 Å². The van der Waals surface area contributed by atoms with Gasteiger partial charge in [0.2, 0.25) is 10.0 Å². The Morgan fingerprint density at radius 3 is 2.27 bits per heavy atom. The zero-order chi connectivity index (χ0) is 18.1. The lowest BCUT2D eigenvalue weighted by Crippen LogP contribution is -2.12. The van der Waals surface area contributed by atoms with E-state index in [9.17, 15) is 8.42 Å². The average molecular weight is 364 g/mol. The molecule has 0 saturated carbocycles. The summed E-state index contributed by atoms with van der Waals surface area (Å²) in [5, 5.41) is 5.19. The van der Waals surface area contributed by atoms with E-state index in [0.717, 1.165) is 28.0 Å². The number of fused-ring (bicyclic) bond motifs is 1. The Hall–Kier alpha value is -2.96. The molecule has 5 nitrogen and oxygen atoms in total. The molecule has 0 amide bonds. The smallest absolute Gasteiger partial charge is 0.238 e. The topological polar surface area (TPSA) is 82.3 Å². The Bertz CT molecular complexity index is 1090. The van der Waals surface area contributed by atoms with Gasteiger partial charge in [-0.3, -0.25) is 4.98 Å². The van der Waals surface area contributed by atoms with Crippen molar-refractivity contribution in [1.82, 2.24) is 4.98 Å². The van der Waals surface area contributed by atoms with Gasteiger partial charge in [0.25, 0.3) is 0 Å². The van der Waals surface area contributed by atoms with E-state index in [4.69, 9.17) is 9.88 Å². The quantitative estimate of drug-likeness (QED) is 0.773. The van der Waals surface area contributed by atoms with Crippen molar-refractivity contribution < 1.29 is 13.2 Å². The highest BCUT2D eigenvalue weighted by Gasteiger charge is 2.22. The van der Waals surface area contributed by atoms with Crippen molar-refractivity contribution in [3.63, 3.8) is 0 Å². The van der Waals surface area contributed by atoms with Crippen molar-refractivity contribution in [3.05, 3.63) is 89.7 Å². The van der Waals surface area contributed by atoms with Crippen LogP contribution in [-0.2, 0) is 16.4 Å². The number of allylic oxidation sites excluding steroid dienone is 1. The number of nitrogens with two attached hydrogens (primary N) is 1. The second kappa shape index (κ2) is 6.40. The number of hydrogen-bond donors (Lipinski definition) is 1. The molecule has 2 aromatic carbocycles. The number of aromatic nitrogens is 1. The van der Waals surface area contributed by atoms with Gasteiger partial charge in [-0.2, -0.15) is 0 Å². The van der Waals surface area contributed by atoms with Gasteiger partial charge in [-0.05, 0) is 53.6 Å². The van der Waals surface area contributed by atoms with Gasteiger partial charge in [0.05, 0.1) is 4.90 Å². The molecule has 4 rings (SSSR count). The first-order valence-corrected chi connectivity index (χ1v) is 9.59. The van der Waals surface area contributed by atoms with Crippen LogP contribution in [0.15, 0.2) is 78.0 Å². The number of nitrogens with zero attached hydrogens (tertiary/aromatic N) is 1. The van der Waals surface area contributed by atoms with E-state index >= 15 is 0 Å². The van der Waals surface area contributed by atoms with Crippen LogP contribution in [0, 0.1) is 0 Å². The van der Waals surface area contributed by atoms with E-state index in [-0.39, 0.29) is 4.90 Å². The monoisotopic (exact) mass is 364 g/mol. The maximum absolute atomic E-state index is 11.5. The summed E-state index contributed by atoms with van der Waals surface area (Å²) in [6, 6.07) is 18.2. The lowest BCUT2D eigenvalue weighted by Gasteiger charge is -2.24. The van der Waals surface area contributed by atoms with Crippen molar-refractivity contribution in [2.45, 2.75) is 11.3 Å². The summed E-state index contributed by atoms with van der Waals surface area (Å²) in [5.41, 5.74) is 3.93. The fraction of sp³-hybridized carbons (Fsp3) is 0.0500. The van der Waals surface area contributed by atoms with Crippen molar-refractivity contribution >= 4 is 21.4 Å². The van der Waals surface area contributed by atoms with Crippen LogP contribution in [0.4, 0.5) is 0 Å². The van der Waals surface area contributed by atoms with Gasteiger partial charge in [-0.25, -0.2) is 13.6 Å². The fourth-order valence-electron chi connectivity index (χ4n) is 3.01. The maximum Gasteiger partial charge on any atom is 0.238 e. The summed E-state index contributed by atoms with van der Waals surface area (Å²) >= 11 is 0. The standard InChI is InChI=1S/C20H16N2O3S/c21-26(23,24)17-7-5-15(6-8-17)20-18(14-9-11-22-12-10-14)13-16-3-1-2-4-19(16)25-20/h1-12H,13H2,(H2,21,23,24). The Labute approximate surface area is 151 Å². The molecule has 0 aliphatic carbocycles. The number of pyridine rings is 1. The number of para-hydroxylation sites is 1. The second-order valence-electron chi connectivity index (χ2n) is 6.00.